The van der Waals surface area contributed by atoms with Crippen molar-refractivity contribution in [1.29, 1.82) is 0 Å². The minimum Gasteiger partial charge on any atom is -0.385 e. The Morgan fingerprint density at radius 2 is 1.88 bits per heavy atom. The molecule has 5 heteroatoms. The van der Waals surface area contributed by atoms with E-state index in [1.807, 2.05) is 0 Å². The van der Waals surface area contributed by atoms with E-state index in [9.17, 15) is 17.6 Å². The molecule has 0 aliphatic rings. The molecule has 0 saturated heterocycles. The van der Waals surface area contributed by atoms with Crippen LogP contribution >= 0.6 is 0 Å². The third-order valence-corrected chi connectivity index (χ3v) is 2.40. The highest BCUT2D eigenvalue weighted by atomic mass is 19.4. The van der Waals surface area contributed by atoms with Gasteiger partial charge in [0.25, 0.3) is 0 Å². The zero-order chi connectivity index (χ0) is 13.1. The second-order valence-corrected chi connectivity index (χ2v) is 3.75. The number of methoxy groups -OCH3 is 1. The highest BCUT2D eigenvalue weighted by Gasteiger charge is 2.31. The largest absolute Gasteiger partial charge is 0.416 e. The van der Waals surface area contributed by atoms with E-state index in [-0.39, 0.29) is 5.56 Å². The smallest absolute Gasteiger partial charge is 0.385 e. The van der Waals surface area contributed by atoms with Crippen molar-refractivity contribution >= 4 is 0 Å². The molecule has 1 aromatic carbocycles. The maximum absolute atomic E-state index is 13.1. The fraction of sp³-hybridized carbons (Fsp3) is 0.417. The molecule has 0 spiro atoms. The van der Waals surface area contributed by atoms with E-state index in [2.05, 4.69) is 0 Å². The molecule has 1 radical (unpaired) electrons. The van der Waals surface area contributed by atoms with Crippen LogP contribution in [-0.4, -0.2) is 13.7 Å². The van der Waals surface area contributed by atoms with Crippen LogP contribution in [0.5, 0.6) is 0 Å². The van der Waals surface area contributed by atoms with Gasteiger partial charge in [0.1, 0.15) is 5.82 Å². The molecule has 0 aliphatic carbocycles. The lowest BCUT2D eigenvalue weighted by atomic mass is 9.96. The standard InChI is InChI=1S/C12H13F4O/c1-8(3-4-17-2)9-5-10(12(14,15)16)7-11(13)6-9/h5-7H,3-4H2,1-2H3. The predicted octanol–water partition coefficient (Wildman–Crippen LogP) is 3.82. The molecule has 0 bridgehead atoms. The quantitative estimate of drug-likeness (QED) is 0.737. The van der Waals surface area contributed by atoms with Crippen molar-refractivity contribution in [2.45, 2.75) is 19.5 Å². The highest BCUT2D eigenvalue weighted by Crippen LogP contribution is 2.32. The first-order valence-electron chi connectivity index (χ1n) is 5.04. The molecule has 0 N–H and O–H groups in total. The average Bonchev–Trinajstić information content (AvgIpc) is 2.23. The first-order valence-corrected chi connectivity index (χ1v) is 5.04. The summed E-state index contributed by atoms with van der Waals surface area (Å²) in [6, 6.07) is 2.54. The third kappa shape index (κ3) is 4.00. The van der Waals surface area contributed by atoms with Gasteiger partial charge in [-0.05, 0) is 30.2 Å². The van der Waals surface area contributed by atoms with Gasteiger partial charge in [-0.25, -0.2) is 4.39 Å². The maximum atomic E-state index is 13.1. The summed E-state index contributed by atoms with van der Waals surface area (Å²) < 4.78 is 55.3. The zero-order valence-electron chi connectivity index (χ0n) is 9.57. The molecule has 0 heterocycles. The minimum atomic E-state index is -4.53. The van der Waals surface area contributed by atoms with Gasteiger partial charge in [0.2, 0.25) is 0 Å². The highest BCUT2D eigenvalue weighted by molar-refractivity contribution is 5.35. The van der Waals surface area contributed by atoms with Crippen LogP contribution in [0.15, 0.2) is 18.2 Å². The Morgan fingerprint density at radius 1 is 1.24 bits per heavy atom. The van der Waals surface area contributed by atoms with Gasteiger partial charge in [-0.3, -0.25) is 0 Å². The average molecular weight is 249 g/mol. The summed E-state index contributed by atoms with van der Waals surface area (Å²) in [5.74, 6) is -0.219. The molecule has 1 aromatic rings. The van der Waals surface area contributed by atoms with E-state index >= 15 is 0 Å². The molecule has 0 aromatic heterocycles. The summed E-state index contributed by atoms with van der Waals surface area (Å²) >= 11 is 0. The van der Waals surface area contributed by atoms with Gasteiger partial charge >= 0.3 is 6.18 Å². The van der Waals surface area contributed by atoms with Crippen LogP contribution in [0.3, 0.4) is 0 Å². The van der Waals surface area contributed by atoms with Crippen LogP contribution < -0.4 is 0 Å². The lowest BCUT2D eigenvalue weighted by Gasteiger charge is -2.14. The molecule has 95 valence electrons. The van der Waals surface area contributed by atoms with Crippen LogP contribution in [0.25, 0.3) is 0 Å². The molecule has 1 rings (SSSR count). The second-order valence-electron chi connectivity index (χ2n) is 3.75. The Bertz CT molecular complexity index is 373. The Balaban J connectivity index is 2.97. The molecule has 0 fully saturated rings. The summed E-state index contributed by atoms with van der Waals surface area (Å²) in [5, 5.41) is 0. The van der Waals surface area contributed by atoms with Gasteiger partial charge in [-0.15, -0.1) is 0 Å². The summed E-state index contributed by atoms with van der Waals surface area (Å²) in [5.41, 5.74) is -0.710. The van der Waals surface area contributed by atoms with Crippen molar-refractivity contribution in [3.05, 3.63) is 41.1 Å². The van der Waals surface area contributed by atoms with Gasteiger partial charge in [-0.1, -0.05) is 6.92 Å². The molecular weight excluding hydrogens is 236 g/mol. The summed E-state index contributed by atoms with van der Waals surface area (Å²) in [6.45, 7) is 2.05. The van der Waals surface area contributed by atoms with Crippen LogP contribution in [0.4, 0.5) is 17.6 Å². The molecule has 0 amide bonds. The number of hydrogen-bond acceptors (Lipinski definition) is 1. The molecular formula is C12H13F4O. The molecule has 0 saturated carbocycles. The van der Waals surface area contributed by atoms with Crippen LogP contribution in [-0.2, 0) is 10.9 Å². The number of rotatable bonds is 4. The minimum absolute atomic E-state index is 0.259. The fourth-order valence-electron chi connectivity index (χ4n) is 1.40. The Morgan fingerprint density at radius 3 is 2.41 bits per heavy atom. The van der Waals surface area contributed by atoms with E-state index < -0.39 is 17.6 Å². The maximum Gasteiger partial charge on any atom is 0.416 e. The Hall–Kier alpha value is -1.10. The lowest BCUT2D eigenvalue weighted by molar-refractivity contribution is -0.137. The van der Waals surface area contributed by atoms with Crippen LogP contribution in [0, 0.1) is 11.7 Å². The fourth-order valence-corrected chi connectivity index (χ4v) is 1.40. The summed E-state index contributed by atoms with van der Waals surface area (Å²) in [7, 11) is 1.50. The van der Waals surface area contributed by atoms with Crippen molar-refractivity contribution in [3.8, 4) is 0 Å². The van der Waals surface area contributed by atoms with Crippen molar-refractivity contribution < 1.29 is 22.3 Å². The van der Waals surface area contributed by atoms with Crippen molar-refractivity contribution in [1.82, 2.24) is 0 Å². The van der Waals surface area contributed by atoms with E-state index in [4.69, 9.17) is 4.74 Å². The molecule has 0 aliphatic heterocycles. The van der Waals surface area contributed by atoms with Crippen molar-refractivity contribution in [3.63, 3.8) is 0 Å². The monoisotopic (exact) mass is 249 g/mol. The van der Waals surface area contributed by atoms with Crippen LogP contribution in [0.1, 0.15) is 24.5 Å². The predicted molar refractivity (Wildman–Crippen MR) is 55.9 cm³/mol. The number of hydrogen-bond donors (Lipinski definition) is 0. The zero-order valence-corrected chi connectivity index (χ0v) is 9.57. The number of alkyl halides is 3. The molecule has 1 nitrogen and oxygen atoms in total. The SMILES string of the molecule is COCC[C](C)c1cc(F)cc(C(F)(F)F)c1. The van der Waals surface area contributed by atoms with E-state index in [0.717, 1.165) is 12.1 Å². The van der Waals surface area contributed by atoms with Crippen molar-refractivity contribution in [2.24, 2.45) is 0 Å². The van der Waals surface area contributed by atoms with Gasteiger partial charge in [-0.2, -0.15) is 13.2 Å². The molecule has 17 heavy (non-hydrogen) atoms. The topological polar surface area (TPSA) is 9.23 Å². The first kappa shape index (κ1) is 14.0. The van der Waals surface area contributed by atoms with Gasteiger partial charge in [0, 0.05) is 19.6 Å². The summed E-state index contributed by atoms with van der Waals surface area (Å²) in [6.07, 6.45) is -4.06. The summed E-state index contributed by atoms with van der Waals surface area (Å²) in [4.78, 5) is 0. The first-order chi connectivity index (χ1) is 7.84. The van der Waals surface area contributed by atoms with Gasteiger partial charge < -0.3 is 4.74 Å². The van der Waals surface area contributed by atoms with Gasteiger partial charge in [0.05, 0.1) is 5.56 Å². The molecule has 0 unspecified atom stereocenters. The normalized spacial score (nSPS) is 12.2. The van der Waals surface area contributed by atoms with Crippen molar-refractivity contribution in [2.75, 3.05) is 13.7 Å². The Labute approximate surface area is 97.4 Å². The third-order valence-electron chi connectivity index (χ3n) is 2.40. The second kappa shape index (κ2) is 5.49. The Kier molecular flexibility index (Phi) is 4.51. The van der Waals surface area contributed by atoms with Crippen LogP contribution in [0.2, 0.25) is 0 Å². The van der Waals surface area contributed by atoms with E-state index in [1.54, 1.807) is 6.92 Å². The number of halogens is 4. The van der Waals surface area contributed by atoms with E-state index in [1.165, 1.54) is 7.11 Å². The van der Waals surface area contributed by atoms with E-state index in [0.29, 0.717) is 25.0 Å². The number of benzene rings is 1. The molecule has 0 atom stereocenters. The lowest BCUT2D eigenvalue weighted by Crippen LogP contribution is -2.08. The van der Waals surface area contributed by atoms with Gasteiger partial charge in [0.15, 0.2) is 0 Å². The number of ether oxygens (including phenoxy) is 1.